The number of hydrogen-bond acceptors (Lipinski definition) is 3. The molecule has 1 aliphatic rings. The molecule has 1 saturated heterocycles. The zero-order valence-corrected chi connectivity index (χ0v) is 15.7. The normalized spacial score (nSPS) is 19.2. The number of carbonyl (C=O) groups is 3. The van der Waals surface area contributed by atoms with Crippen LogP contribution in [0.5, 0.6) is 0 Å². The average Bonchev–Trinajstić information content (AvgIpc) is 2.92. The van der Waals surface area contributed by atoms with Gasteiger partial charge < -0.3 is 15.3 Å². The number of aryl methyl sites for hydroxylation is 1. The van der Waals surface area contributed by atoms with Crippen molar-refractivity contribution < 1.29 is 19.5 Å². The van der Waals surface area contributed by atoms with Gasteiger partial charge in [0.25, 0.3) is 0 Å². The molecule has 0 bridgehead atoms. The predicted octanol–water partition coefficient (Wildman–Crippen LogP) is 3.50. The van der Waals surface area contributed by atoms with E-state index in [4.69, 9.17) is 16.7 Å². The van der Waals surface area contributed by atoms with Crippen LogP contribution in [0.2, 0.25) is 5.02 Å². The van der Waals surface area contributed by atoms with E-state index in [9.17, 15) is 14.4 Å². The van der Waals surface area contributed by atoms with Gasteiger partial charge in [-0.25, -0.2) is 4.79 Å². The zero-order chi connectivity index (χ0) is 19.7. The van der Waals surface area contributed by atoms with Gasteiger partial charge in [0, 0.05) is 24.2 Å². The van der Waals surface area contributed by atoms with E-state index in [1.165, 1.54) is 12.1 Å². The lowest BCUT2D eigenvalue weighted by atomic mass is 9.92. The van der Waals surface area contributed by atoms with E-state index in [-0.39, 0.29) is 23.8 Å². The van der Waals surface area contributed by atoms with Crippen LogP contribution < -0.4 is 5.32 Å². The Labute approximate surface area is 161 Å². The lowest BCUT2D eigenvalue weighted by molar-refractivity contribution is -0.128. The highest BCUT2D eigenvalue weighted by molar-refractivity contribution is 6.30. The van der Waals surface area contributed by atoms with Crippen molar-refractivity contribution in [1.29, 1.82) is 0 Å². The maximum Gasteiger partial charge on any atom is 0.335 e. The zero-order valence-electron chi connectivity index (χ0n) is 14.9. The summed E-state index contributed by atoms with van der Waals surface area (Å²) >= 11 is 6.07. The third kappa shape index (κ3) is 3.80. The van der Waals surface area contributed by atoms with Crippen LogP contribution in [0.25, 0.3) is 0 Å². The van der Waals surface area contributed by atoms with Crippen LogP contribution in [0.4, 0.5) is 5.69 Å². The molecule has 2 N–H and O–H groups in total. The van der Waals surface area contributed by atoms with Gasteiger partial charge in [-0.2, -0.15) is 0 Å². The van der Waals surface area contributed by atoms with Gasteiger partial charge in [0.15, 0.2) is 0 Å². The number of carboxylic acid groups (broad SMARTS) is 1. The number of hydrogen-bond donors (Lipinski definition) is 2. The largest absolute Gasteiger partial charge is 0.478 e. The van der Waals surface area contributed by atoms with Crippen molar-refractivity contribution in [2.75, 3.05) is 12.4 Å². The summed E-state index contributed by atoms with van der Waals surface area (Å²) in [5, 5.41) is 12.5. The Hall–Kier alpha value is -2.86. The lowest BCUT2D eigenvalue weighted by Gasteiger charge is -2.25. The van der Waals surface area contributed by atoms with Crippen LogP contribution in [0.1, 0.15) is 33.9 Å². The highest BCUT2D eigenvalue weighted by Gasteiger charge is 2.42. The van der Waals surface area contributed by atoms with Crippen LogP contribution in [-0.2, 0) is 9.59 Å². The molecule has 0 saturated carbocycles. The molecule has 1 aliphatic heterocycles. The van der Waals surface area contributed by atoms with Gasteiger partial charge in [-0.3, -0.25) is 9.59 Å². The second kappa shape index (κ2) is 7.40. The van der Waals surface area contributed by atoms with E-state index in [1.807, 2.05) is 6.07 Å². The minimum absolute atomic E-state index is 0.0805. The third-order valence-corrected chi connectivity index (χ3v) is 5.09. The summed E-state index contributed by atoms with van der Waals surface area (Å²) in [6.07, 6.45) is 0.0805. The number of rotatable bonds is 4. The number of aromatic carboxylic acids is 1. The average molecular weight is 387 g/mol. The smallest absolute Gasteiger partial charge is 0.335 e. The lowest BCUT2D eigenvalue weighted by Crippen LogP contribution is -2.30. The van der Waals surface area contributed by atoms with Gasteiger partial charge in [-0.05, 0) is 42.3 Å². The summed E-state index contributed by atoms with van der Waals surface area (Å²) in [6.45, 7) is 1.78. The maximum absolute atomic E-state index is 12.9. The van der Waals surface area contributed by atoms with Crippen molar-refractivity contribution in [2.45, 2.75) is 19.4 Å². The molecular formula is C20H19ClN2O4. The van der Waals surface area contributed by atoms with Gasteiger partial charge in [-0.15, -0.1) is 0 Å². The first kappa shape index (κ1) is 18.9. The minimum Gasteiger partial charge on any atom is -0.478 e. The number of carboxylic acids is 1. The molecule has 27 heavy (non-hydrogen) atoms. The highest BCUT2D eigenvalue weighted by Crippen LogP contribution is 2.38. The summed E-state index contributed by atoms with van der Waals surface area (Å²) in [6, 6.07) is 11.2. The fourth-order valence-corrected chi connectivity index (χ4v) is 3.57. The van der Waals surface area contributed by atoms with Crippen LogP contribution in [0.15, 0.2) is 42.5 Å². The molecule has 0 aliphatic carbocycles. The minimum atomic E-state index is -1.07. The van der Waals surface area contributed by atoms with Crippen molar-refractivity contribution in [2.24, 2.45) is 5.92 Å². The fourth-order valence-electron chi connectivity index (χ4n) is 3.37. The summed E-state index contributed by atoms with van der Waals surface area (Å²) in [5.74, 6) is -2.13. The second-order valence-corrected chi connectivity index (χ2v) is 7.08. The molecule has 2 amide bonds. The molecular weight excluding hydrogens is 368 g/mol. The first-order valence-electron chi connectivity index (χ1n) is 8.44. The van der Waals surface area contributed by atoms with Crippen LogP contribution in [0.3, 0.4) is 0 Å². The summed E-state index contributed by atoms with van der Waals surface area (Å²) in [7, 11) is 1.66. The number of halogens is 1. The Morgan fingerprint density at radius 3 is 2.63 bits per heavy atom. The van der Waals surface area contributed by atoms with Gasteiger partial charge in [0.1, 0.15) is 0 Å². The summed E-state index contributed by atoms with van der Waals surface area (Å²) < 4.78 is 0. The van der Waals surface area contributed by atoms with Gasteiger partial charge in [-0.1, -0.05) is 29.8 Å². The van der Waals surface area contributed by atoms with Crippen molar-refractivity contribution >= 4 is 35.1 Å². The van der Waals surface area contributed by atoms with E-state index < -0.39 is 17.9 Å². The molecule has 2 atom stereocenters. The third-order valence-electron chi connectivity index (χ3n) is 4.86. The standard InChI is InChI=1S/C20H19ClN2O4/c1-11-6-7-13(20(26)27)9-16(11)22-19(25)15-10-17(24)23(2)18(15)12-4-3-5-14(21)8-12/h3-9,15,18H,10H2,1-2H3,(H,22,25)(H,26,27)/t15-,18-/m0/s1. The van der Waals surface area contributed by atoms with Crippen molar-refractivity contribution in [1.82, 2.24) is 4.90 Å². The molecule has 3 rings (SSSR count). The molecule has 6 nitrogen and oxygen atoms in total. The monoisotopic (exact) mass is 386 g/mol. The highest BCUT2D eigenvalue weighted by atomic mass is 35.5. The molecule has 1 fully saturated rings. The molecule has 7 heteroatoms. The number of likely N-dealkylation sites (tertiary alicyclic amines) is 1. The molecule has 2 aromatic rings. The van der Waals surface area contributed by atoms with E-state index in [2.05, 4.69) is 5.32 Å². The summed E-state index contributed by atoms with van der Waals surface area (Å²) in [4.78, 5) is 37.9. The van der Waals surface area contributed by atoms with Crippen molar-refractivity contribution in [3.63, 3.8) is 0 Å². The quantitative estimate of drug-likeness (QED) is 0.841. The number of carbonyl (C=O) groups excluding carboxylic acids is 2. The molecule has 0 aromatic heterocycles. The van der Waals surface area contributed by atoms with E-state index in [0.717, 1.165) is 11.1 Å². The summed E-state index contributed by atoms with van der Waals surface area (Å²) in [5.41, 5.74) is 2.03. The Bertz CT molecular complexity index is 928. The molecule has 0 spiro atoms. The van der Waals surface area contributed by atoms with Gasteiger partial charge in [0.2, 0.25) is 11.8 Å². The Morgan fingerprint density at radius 1 is 1.22 bits per heavy atom. The molecule has 0 radical (unpaired) electrons. The number of benzene rings is 2. The number of nitrogens with zero attached hydrogens (tertiary/aromatic N) is 1. The van der Waals surface area contributed by atoms with E-state index >= 15 is 0 Å². The second-order valence-electron chi connectivity index (χ2n) is 6.64. The first-order chi connectivity index (χ1) is 12.8. The Balaban J connectivity index is 1.90. The van der Waals surface area contributed by atoms with Crippen LogP contribution in [0, 0.1) is 12.8 Å². The van der Waals surface area contributed by atoms with Crippen molar-refractivity contribution in [3.05, 3.63) is 64.2 Å². The molecule has 2 aromatic carbocycles. The van der Waals surface area contributed by atoms with Gasteiger partial charge in [0.05, 0.1) is 17.5 Å². The SMILES string of the molecule is Cc1ccc(C(=O)O)cc1NC(=O)[C@H]1CC(=O)N(C)[C@H]1c1cccc(Cl)c1. The van der Waals surface area contributed by atoms with Crippen molar-refractivity contribution in [3.8, 4) is 0 Å². The molecule has 1 heterocycles. The predicted molar refractivity (Wildman–Crippen MR) is 102 cm³/mol. The molecule has 140 valence electrons. The number of nitrogens with one attached hydrogen (secondary N) is 1. The Kier molecular flexibility index (Phi) is 5.19. The fraction of sp³-hybridized carbons (Fsp3) is 0.250. The van der Waals surface area contributed by atoms with E-state index in [1.54, 1.807) is 43.1 Å². The number of anilines is 1. The number of amides is 2. The van der Waals surface area contributed by atoms with Crippen LogP contribution in [-0.4, -0.2) is 34.8 Å². The maximum atomic E-state index is 12.9. The molecule has 0 unspecified atom stereocenters. The van der Waals surface area contributed by atoms with E-state index in [0.29, 0.717) is 10.7 Å². The Morgan fingerprint density at radius 2 is 1.96 bits per heavy atom. The topological polar surface area (TPSA) is 86.7 Å². The van der Waals surface area contributed by atoms with Gasteiger partial charge >= 0.3 is 5.97 Å². The first-order valence-corrected chi connectivity index (χ1v) is 8.81. The van der Waals surface area contributed by atoms with Crippen LogP contribution >= 0.6 is 11.6 Å².